The van der Waals surface area contributed by atoms with E-state index in [1.54, 1.807) is 12.1 Å². The van der Waals surface area contributed by atoms with Crippen LogP contribution < -0.4 is 10.5 Å². The molecule has 3 nitrogen and oxygen atoms in total. The van der Waals surface area contributed by atoms with Crippen molar-refractivity contribution >= 4 is 0 Å². The molecule has 0 radical (unpaired) electrons. The molecule has 3 rings (SSSR count). The number of benzene rings is 1. The van der Waals surface area contributed by atoms with Gasteiger partial charge in [-0.05, 0) is 43.5 Å². The van der Waals surface area contributed by atoms with Gasteiger partial charge < -0.3 is 10.5 Å². The monoisotopic (exact) mass is 278 g/mol. The zero-order valence-electron chi connectivity index (χ0n) is 12.0. The maximum absolute atomic E-state index is 13.2. The van der Waals surface area contributed by atoms with Gasteiger partial charge in [0.1, 0.15) is 17.7 Å². The molecule has 110 valence electrons. The first-order valence-electron chi connectivity index (χ1n) is 7.56. The molecule has 2 heterocycles. The summed E-state index contributed by atoms with van der Waals surface area (Å²) in [6.45, 7) is 4.97. The molecule has 2 aliphatic rings. The predicted octanol–water partition coefficient (Wildman–Crippen LogP) is 2.19. The standard InChI is InChI=1S/C16H23FN2O/c1-11-3-2-6-19(15(11)9-18)10-14-8-12-7-13(17)4-5-16(12)20-14/h4-5,7,11,14-15H,2-3,6,8-10,18H2,1H3. The van der Waals surface area contributed by atoms with Gasteiger partial charge in [-0.1, -0.05) is 6.92 Å². The fraction of sp³-hybridized carbons (Fsp3) is 0.625. The van der Waals surface area contributed by atoms with Crippen LogP contribution in [-0.4, -0.2) is 36.7 Å². The SMILES string of the molecule is CC1CCCN(CC2Cc3cc(F)ccc3O2)C1CN. The van der Waals surface area contributed by atoms with Crippen molar-refractivity contribution in [1.82, 2.24) is 4.90 Å². The van der Waals surface area contributed by atoms with Gasteiger partial charge in [0.15, 0.2) is 0 Å². The Labute approximate surface area is 119 Å². The van der Waals surface area contributed by atoms with Crippen LogP contribution in [0.2, 0.25) is 0 Å². The van der Waals surface area contributed by atoms with Crippen molar-refractivity contribution in [3.63, 3.8) is 0 Å². The first-order valence-corrected chi connectivity index (χ1v) is 7.56. The molecule has 4 heteroatoms. The van der Waals surface area contributed by atoms with Crippen LogP contribution in [0, 0.1) is 11.7 Å². The molecule has 1 aromatic carbocycles. The highest BCUT2D eigenvalue weighted by atomic mass is 19.1. The molecule has 20 heavy (non-hydrogen) atoms. The minimum absolute atomic E-state index is 0.131. The third-order valence-corrected chi connectivity index (χ3v) is 4.67. The van der Waals surface area contributed by atoms with E-state index in [1.165, 1.54) is 18.9 Å². The highest BCUT2D eigenvalue weighted by molar-refractivity contribution is 5.37. The van der Waals surface area contributed by atoms with E-state index < -0.39 is 0 Å². The summed E-state index contributed by atoms with van der Waals surface area (Å²) in [5, 5.41) is 0. The van der Waals surface area contributed by atoms with Gasteiger partial charge in [0, 0.05) is 31.1 Å². The van der Waals surface area contributed by atoms with Gasteiger partial charge in [-0.3, -0.25) is 4.90 Å². The average molecular weight is 278 g/mol. The van der Waals surface area contributed by atoms with Crippen molar-refractivity contribution in [1.29, 1.82) is 0 Å². The van der Waals surface area contributed by atoms with Gasteiger partial charge >= 0.3 is 0 Å². The Morgan fingerprint density at radius 2 is 2.30 bits per heavy atom. The Hall–Kier alpha value is -1.13. The van der Waals surface area contributed by atoms with Gasteiger partial charge in [0.25, 0.3) is 0 Å². The minimum atomic E-state index is -0.181. The quantitative estimate of drug-likeness (QED) is 0.921. The fourth-order valence-corrected chi connectivity index (χ4v) is 3.59. The number of halogens is 1. The van der Waals surface area contributed by atoms with E-state index in [1.807, 2.05) is 0 Å². The van der Waals surface area contributed by atoms with Gasteiger partial charge in [-0.25, -0.2) is 4.39 Å². The molecular formula is C16H23FN2O. The Kier molecular flexibility index (Phi) is 3.94. The lowest BCUT2D eigenvalue weighted by atomic mass is 9.90. The van der Waals surface area contributed by atoms with Crippen LogP contribution >= 0.6 is 0 Å². The van der Waals surface area contributed by atoms with Crippen molar-refractivity contribution in [2.24, 2.45) is 11.7 Å². The molecule has 2 N–H and O–H groups in total. The summed E-state index contributed by atoms with van der Waals surface area (Å²) in [4.78, 5) is 2.46. The highest BCUT2D eigenvalue weighted by Crippen LogP contribution is 2.31. The lowest BCUT2D eigenvalue weighted by Crippen LogP contribution is -2.51. The molecule has 0 amide bonds. The zero-order valence-corrected chi connectivity index (χ0v) is 12.0. The fourth-order valence-electron chi connectivity index (χ4n) is 3.59. The molecule has 0 bridgehead atoms. The van der Waals surface area contributed by atoms with E-state index >= 15 is 0 Å². The third-order valence-electron chi connectivity index (χ3n) is 4.67. The van der Waals surface area contributed by atoms with E-state index in [9.17, 15) is 4.39 Å². The zero-order chi connectivity index (χ0) is 14.1. The van der Waals surface area contributed by atoms with Crippen LogP contribution in [0.5, 0.6) is 5.75 Å². The van der Waals surface area contributed by atoms with Gasteiger partial charge in [-0.15, -0.1) is 0 Å². The molecule has 0 aliphatic carbocycles. The maximum Gasteiger partial charge on any atom is 0.123 e. The van der Waals surface area contributed by atoms with Crippen LogP contribution in [0.15, 0.2) is 18.2 Å². The second kappa shape index (κ2) is 5.70. The number of rotatable bonds is 3. The van der Waals surface area contributed by atoms with Crippen molar-refractivity contribution in [3.05, 3.63) is 29.6 Å². The van der Waals surface area contributed by atoms with Crippen molar-refractivity contribution in [2.75, 3.05) is 19.6 Å². The van der Waals surface area contributed by atoms with Crippen molar-refractivity contribution < 1.29 is 9.13 Å². The van der Waals surface area contributed by atoms with Crippen LogP contribution in [-0.2, 0) is 6.42 Å². The largest absolute Gasteiger partial charge is 0.488 e. The maximum atomic E-state index is 13.2. The first-order chi connectivity index (χ1) is 9.67. The molecule has 3 unspecified atom stereocenters. The highest BCUT2D eigenvalue weighted by Gasteiger charge is 2.32. The average Bonchev–Trinajstić information content (AvgIpc) is 2.80. The number of ether oxygens (including phenoxy) is 1. The Morgan fingerprint density at radius 1 is 1.45 bits per heavy atom. The second-order valence-corrected chi connectivity index (χ2v) is 6.11. The summed E-state index contributed by atoms with van der Waals surface area (Å²) in [6.07, 6.45) is 3.42. The molecule has 2 aliphatic heterocycles. The third kappa shape index (κ3) is 2.67. The van der Waals surface area contributed by atoms with Crippen LogP contribution in [0.1, 0.15) is 25.3 Å². The molecule has 0 saturated carbocycles. The molecule has 1 saturated heterocycles. The van der Waals surface area contributed by atoms with Crippen molar-refractivity contribution in [3.8, 4) is 5.75 Å². The Balaban J connectivity index is 1.65. The lowest BCUT2D eigenvalue weighted by Gasteiger charge is -2.40. The number of fused-ring (bicyclic) bond motifs is 1. The molecule has 0 aromatic heterocycles. The first kappa shape index (κ1) is 13.8. The molecule has 0 spiro atoms. The normalized spacial score (nSPS) is 30.1. The van der Waals surface area contributed by atoms with Crippen LogP contribution in [0.3, 0.4) is 0 Å². The van der Waals surface area contributed by atoms with Crippen LogP contribution in [0.4, 0.5) is 4.39 Å². The summed E-state index contributed by atoms with van der Waals surface area (Å²) >= 11 is 0. The van der Waals surface area contributed by atoms with E-state index in [0.717, 1.165) is 30.8 Å². The summed E-state index contributed by atoms with van der Waals surface area (Å²) < 4.78 is 19.2. The number of nitrogens with zero attached hydrogens (tertiary/aromatic N) is 1. The van der Waals surface area contributed by atoms with Gasteiger partial charge in [0.2, 0.25) is 0 Å². The minimum Gasteiger partial charge on any atom is -0.488 e. The van der Waals surface area contributed by atoms with Crippen LogP contribution in [0.25, 0.3) is 0 Å². The number of hydrogen-bond donors (Lipinski definition) is 1. The second-order valence-electron chi connectivity index (χ2n) is 6.11. The smallest absolute Gasteiger partial charge is 0.123 e. The molecule has 3 atom stereocenters. The van der Waals surface area contributed by atoms with Gasteiger partial charge in [-0.2, -0.15) is 0 Å². The summed E-state index contributed by atoms with van der Waals surface area (Å²) in [5.41, 5.74) is 6.92. The van der Waals surface area contributed by atoms with E-state index in [2.05, 4.69) is 11.8 Å². The number of nitrogens with two attached hydrogens (primary N) is 1. The predicted molar refractivity (Wildman–Crippen MR) is 77.3 cm³/mol. The topological polar surface area (TPSA) is 38.5 Å². The van der Waals surface area contributed by atoms with E-state index in [0.29, 0.717) is 18.5 Å². The molecule has 1 aromatic rings. The number of hydrogen-bond acceptors (Lipinski definition) is 3. The lowest BCUT2D eigenvalue weighted by molar-refractivity contribution is 0.0650. The Bertz CT molecular complexity index is 480. The van der Waals surface area contributed by atoms with E-state index in [-0.39, 0.29) is 11.9 Å². The summed E-state index contributed by atoms with van der Waals surface area (Å²) in [7, 11) is 0. The summed E-state index contributed by atoms with van der Waals surface area (Å²) in [5.74, 6) is 1.31. The molecule has 1 fully saturated rings. The van der Waals surface area contributed by atoms with Crippen molar-refractivity contribution in [2.45, 2.75) is 38.3 Å². The summed E-state index contributed by atoms with van der Waals surface area (Å²) in [6, 6.07) is 5.25. The number of piperidine rings is 1. The Morgan fingerprint density at radius 3 is 3.10 bits per heavy atom. The van der Waals surface area contributed by atoms with Gasteiger partial charge in [0.05, 0.1) is 0 Å². The molecular weight excluding hydrogens is 255 g/mol. The number of likely N-dealkylation sites (tertiary alicyclic amines) is 1. The van der Waals surface area contributed by atoms with E-state index in [4.69, 9.17) is 10.5 Å².